The van der Waals surface area contributed by atoms with E-state index >= 15 is 0 Å². The van der Waals surface area contributed by atoms with Gasteiger partial charge in [-0.05, 0) is 18.1 Å². The van der Waals surface area contributed by atoms with Crippen LogP contribution in [-0.2, 0) is 9.53 Å². The Balaban J connectivity index is 1.76. The molecule has 1 fully saturated rings. The van der Waals surface area contributed by atoms with Crippen LogP contribution in [0.15, 0.2) is 60.7 Å². The lowest BCUT2D eigenvalue weighted by Crippen LogP contribution is -2.51. The molecular weight excluding hydrogens is 288 g/mol. The third kappa shape index (κ3) is 3.44. The van der Waals surface area contributed by atoms with E-state index in [0.717, 1.165) is 11.1 Å². The van der Waals surface area contributed by atoms with Gasteiger partial charge in [0.1, 0.15) is 12.1 Å². The van der Waals surface area contributed by atoms with Gasteiger partial charge in [-0.15, -0.1) is 0 Å². The minimum absolute atomic E-state index is 0.0252. The van der Waals surface area contributed by atoms with Crippen LogP contribution in [0.4, 0.5) is 0 Å². The van der Waals surface area contributed by atoms with Crippen molar-refractivity contribution in [1.82, 2.24) is 4.90 Å². The number of carbonyl (C=O) groups is 1. The molecule has 120 valence electrons. The number of benzene rings is 2. The topological polar surface area (TPSA) is 55.6 Å². The highest BCUT2D eigenvalue weighted by Crippen LogP contribution is 2.26. The maximum Gasteiger partial charge on any atom is 0.244 e. The van der Waals surface area contributed by atoms with E-state index < -0.39 is 6.04 Å². The second-order valence-electron chi connectivity index (χ2n) is 5.96. The van der Waals surface area contributed by atoms with Crippen molar-refractivity contribution in [1.29, 1.82) is 0 Å². The molecule has 3 atom stereocenters. The van der Waals surface area contributed by atoms with Crippen LogP contribution in [0.2, 0.25) is 0 Å². The maximum atomic E-state index is 12.8. The number of nitrogens with zero attached hydrogens (tertiary/aromatic N) is 1. The summed E-state index contributed by atoms with van der Waals surface area (Å²) in [5.74, 6) is -0.0482. The summed E-state index contributed by atoms with van der Waals surface area (Å²) in [4.78, 5) is 14.7. The summed E-state index contributed by atoms with van der Waals surface area (Å²) >= 11 is 0. The normalized spacial score (nSPS) is 22.6. The molecule has 0 aliphatic carbocycles. The van der Waals surface area contributed by atoms with Crippen LogP contribution in [0.25, 0.3) is 0 Å². The molecule has 4 heteroatoms. The van der Waals surface area contributed by atoms with Gasteiger partial charge in [-0.3, -0.25) is 4.79 Å². The van der Waals surface area contributed by atoms with Gasteiger partial charge in [0.2, 0.25) is 5.91 Å². The highest BCUT2D eigenvalue weighted by molar-refractivity contribution is 5.83. The minimum Gasteiger partial charge on any atom is -0.370 e. The molecule has 1 aliphatic rings. The molecule has 1 amide bonds. The second kappa shape index (κ2) is 6.94. The Morgan fingerprint density at radius 1 is 1.13 bits per heavy atom. The predicted octanol–water partition coefficient (Wildman–Crippen LogP) is 2.68. The van der Waals surface area contributed by atoms with Crippen LogP contribution in [-0.4, -0.2) is 30.0 Å². The monoisotopic (exact) mass is 310 g/mol. The maximum absolute atomic E-state index is 12.8. The Hall–Kier alpha value is -2.17. The first-order valence-corrected chi connectivity index (χ1v) is 7.94. The van der Waals surface area contributed by atoms with Crippen molar-refractivity contribution in [3.63, 3.8) is 0 Å². The molecule has 0 aromatic heterocycles. The molecule has 2 N–H and O–H groups in total. The van der Waals surface area contributed by atoms with Gasteiger partial charge in [0.05, 0.1) is 19.2 Å². The van der Waals surface area contributed by atoms with Crippen LogP contribution in [0.3, 0.4) is 0 Å². The van der Waals surface area contributed by atoms with E-state index in [9.17, 15) is 4.79 Å². The van der Waals surface area contributed by atoms with E-state index in [2.05, 4.69) is 0 Å². The zero-order chi connectivity index (χ0) is 16.2. The molecule has 4 nitrogen and oxygen atoms in total. The van der Waals surface area contributed by atoms with Crippen LogP contribution in [0.1, 0.15) is 30.2 Å². The summed E-state index contributed by atoms with van der Waals surface area (Å²) in [6, 6.07) is 18.9. The Bertz CT molecular complexity index is 645. The Morgan fingerprint density at radius 2 is 1.74 bits per heavy atom. The first-order valence-electron chi connectivity index (χ1n) is 7.94. The zero-order valence-corrected chi connectivity index (χ0v) is 13.3. The molecule has 0 spiro atoms. The van der Waals surface area contributed by atoms with Crippen LogP contribution >= 0.6 is 0 Å². The first kappa shape index (κ1) is 15.7. The van der Waals surface area contributed by atoms with Crippen molar-refractivity contribution in [2.24, 2.45) is 5.73 Å². The summed E-state index contributed by atoms with van der Waals surface area (Å²) < 4.78 is 5.91. The summed E-state index contributed by atoms with van der Waals surface area (Å²) in [6.07, 6.45) is -0.0978. The van der Waals surface area contributed by atoms with E-state index in [-0.39, 0.29) is 18.1 Å². The van der Waals surface area contributed by atoms with Crippen LogP contribution in [0.5, 0.6) is 0 Å². The number of ether oxygens (including phenoxy) is 1. The number of hydrogen-bond acceptors (Lipinski definition) is 3. The van der Waals surface area contributed by atoms with E-state index in [4.69, 9.17) is 10.5 Å². The van der Waals surface area contributed by atoms with Crippen molar-refractivity contribution in [3.05, 3.63) is 71.8 Å². The smallest absolute Gasteiger partial charge is 0.244 e. The van der Waals surface area contributed by atoms with Gasteiger partial charge in [0.15, 0.2) is 0 Å². The number of carbonyl (C=O) groups excluding carboxylic acids is 1. The molecule has 0 saturated carbocycles. The van der Waals surface area contributed by atoms with E-state index in [0.29, 0.717) is 13.2 Å². The number of amides is 1. The third-order valence-corrected chi connectivity index (χ3v) is 4.31. The molecule has 0 radical (unpaired) electrons. The number of hydrogen-bond donors (Lipinski definition) is 1. The van der Waals surface area contributed by atoms with Gasteiger partial charge in [-0.1, -0.05) is 60.7 Å². The van der Waals surface area contributed by atoms with E-state index in [1.807, 2.05) is 72.5 Å². The summed E-state index contributed by atoms with van der Waals surface area (Å²) in [7, 11) is 0. The average molecular weight is 310 g/mol. The first-order chi connectivity index (χ1) is 11.2. The molecule has 1 saturated heterocycles. The fraction of sp³-hybridized carbons (Fsp3) is 0.316. The Morgan fingerprint density at radius 3 is 2.39 bits per heavy atom. The quantitative estimate of drug-likeness (QED) is 0.948. The van der Waals surface area contributed by atoms with Crippen LogP contribution < -0.4 is 5.73 Å². The molecule has 23 heavy (non-hydrogen) atoms. The predicted molar refractivity (Wildman–Crippen MR) is 89.7 cm³/mol. The van der Waals surface area contributed by atoms with Gasteiger partial charge in [0, 0.05) is 0 Å². The van der Waals surface area contributed by atoms with Gasteiger partial charge in [-0.2, -0.15) is 0 Å². The molecule has 0 bridgehead atoms. The summed E-state index contributed by atoms with van der Waals surface area (Å²) in [6.45, 7) is 3.05. The number of morpholine rings is 1. The highest BCUT2D eigenvalue weighted by atomic mass is 16.5. The molecule has 1 heterocycles. The Kier molecular flexibility index (Phi) is 4.74. The SMILES string of the molecule is C[C@@H]1CO[C@@H](c2ccccc2)CN1C(=O)[C@@H](N)c1ccccc1. The van der Waals surface area contributed by atoms with E-state index in [1.165, 1.54) is 0 Å². The molecule has 0 unspecified atom stereocenters. The molecule has 2 aromatic rings. The summed E-state index contributed by atoms with van der Waals surface area (Å²) in [5.41, 5.74) is 8.11. The average Bonchev–Trinajstić information content (AvgIpc) is 2.62. The van der Waals surface area contributed by atoms with Crippen LogP contribution in [0, 0.1) is 0 Å². The lowest BCUT2D eigenvalue weighted by molar-refractivity contribution is -0.146. The van der Waals surface area contributed by atoms with Gasteiger partial charge in [-0.25, -0.2) is 0 Å². The zero-order valence-electron chi connectivity index (χ0n) is 13.3. The lowest BCUT2D eigenvalue weighted by Gasteiger charge is -2.39. The van der Waals surface area contributed by atoms with Gasteiger partial charge in [0.25, 0.3) is 0 Å². The molecule has 3 rings (SSSR count). The van der Waals surface area contributed by atoms with Gasteiger partial charge < -0.3 is 15.4 Å². The van der Waals surface area contributed by atoms with E-state index in [1.54, 1.807) is 0 Å². The fourth-order valence-corrected chi connectivity index (χ4v) is 2.91. The number of nitrogens with two attached hydrogens (primary N) is 1. The molecule has 1 aliphatic heterocycles. The Labute approximate surface area is 136 Å². The van der Waals surface area contributed by atoms with Crippen molar-refractivity contribution >= 4 is 5.91 Å². The lowest BCUT2D eigenvalue weighted by atomic mass is 10.0. The summed E-state index contributed by atoms with van der Waals surface area (Å²) in [5, 5.41) is 0. The second-order valence-corrected chi connectivity index (χ2v) is 5.96. The third-order valence-electron chi connectivity index (χ3n) is 4.31. The van der Waals surface area contributed by atoms with Crippen molar-refractivity contribution in [2.75, 3.05) is 13.2 Å². The highest BCUT2D eigenvalue weighted by Gasteiger charge is 2.33. The minimum atomic E-state index is -0.631. The van der Waals surface area contributed by atoms with Crippen molar-refractivity contribution in [3.8, 4) is 0 Å². The largest absolute Gasteiger partial charge is 0.370 e. The molecule has 2 aromatic carbocycles. The molecular formula is C19H22N2O2. The van der Waals surface area contributed by atoms with Crippen molar-refractivity contribution in [2.45, 2.75) is 25.1 Å². The standard InChI is InChI=1S/C19H22N2O2/c1-14-13-23-17(15-8-4-2-5-9-15)12-21(14)19(22)18(20)16-10-6-3-7-11-16/h2-11,14,17-18H,12-13,20H2,1H3/t14-,17-,18+/m1/s1. The fourth-order valence-electron chi connectivity index (χ4n) is 2.91. The number of rotatable bonds is 3. The van der Waals surface area contributed by atoms with Gasteiger partial charge >= 0.3 is 0 Å². The van der Waals surface area contributed by atoms with Crippen molar-refractivity contribution < 1.29 is 9.53 Å².